The molecule has 1 amide bonds. The lowest BCUT2D eigenvalue weighted by molar-refractivity contribution is -0.159. The van der Waals surface area contributed by atoms with E-state index in [1.54, 1.807) is 0 Å². The van der Waals surface area contributed by atoms with Crippen LogP contribution >= 0.6 is 0 Å². The molecule has 1 aromatic heterocycles. The third-order valence-electron chi connectivity index (χ3n) is 8.67. The van der Waals surface area contributed by atoms with Crippen molar-refractivity contribution < 1.29 is 9.32 Å². The number of likely N-dealkylation sites (tertiary alicyclic amines) is 1. The second kappa shape index (κ2) is 6.04. The van der Waals surface area contributed by atoms with E-state index < -0.39 is 5.54 Å². The normalized spacial score (nSPS) is 41.1. The van der Waals surface area contributed by atoms with Crippen LogP contribution in [0.25, 0.3) is 0 Å². The number of carbonyl (C=O) groups excluding carboxylic acids is 1. The van der Waals surface area contributed by atoms with Gasteiger partial charge in [-0.3, -0.25) is 4.79 Å². The third-order valence-corrected chi connectivity index (χ3v) is 8.67. The monoisotopic (exact) mass is 384 g/mol. The number of hydrogen-bond acceptors (Lipinski definition) is 5. The van der Waals surface area contributed by atoms with Gasteiger partial charge in [0.25, 0.3) is 0 Å². The van der Waals surface area contributed by atoms with E-state index in [0.717, 1.165) is 82.1 Å². The quantitative estimate of drug-likeness (QED) is 0.859. The molecule has 0 radical (unpaired) electrons. The number of aromatic nitrogens is 2. The van der Waals surface area contributed by atoms with Crippen molar-refractivity contribution >= 4 is 5.91 Å². The van der Waals surface area contributed by atoms with Crippen LogP contribution in [0.5, 0.6) is 0 Å². The Hall–Kier alpha value is -1.43. The Morgan fingerprint density at radius 2 is 1.68 bits per heavy atom. The average molecular weight is 385 g/mol. The second-order valence-corrected chi connectivity index (χ2v) is 10.7. The maximum Gasteiger partial charge on any atom is 0.249 e. The number of nitrogens with two attached hydrogens (primary N) is 1. The summed E-state index contributed by atoms with van der Waals surface area (Å²) in [5.41, 5.74) is 5.99. The molecule has 7 rings (SSSR count). The third kappa shape index (κ3) is 2.52. The van der Waals surface area contributed by atoms with E-state index in [9.17, 15) is 4.79 Å². The molecule has 0 spiro atoms. The molecule has 1 atom stereocenters. The molecule has 152 valence electrons. The summed E-state index contributed by atoms with van der Waals surface area (Å²) in [5.74, 6) is 4.00. The summed E-state index contributed by atoms with van der Waals surface area (Å²) in [4.78, 5) is 20.6. The van der Waals surface area contributed by atoms with E-state index in [0.29, 0.717) is 17.6 Å². The van der Waals surface area contributed by atoms with Gasteiger partial charge in [-0.05, 0) is 82.0 Å². The van der Waals surface area contributed by atoms with Gasteiger partial charge in [-0.15, -0.1) is 0 Å². The summed E-state index contributed by atoms with van der Waals surface area (Å²) in [5, 5.41) is 4.25. The van der Waals surface area contributed by atoms with E-state index in [4.69, 9.17) is 15.2 Å². The van der Waals surface area contributed by atoms with Gasteiger partial charge in [0.2, 0.25) is 11.8 Å². The highest BCUT2D eigenvalue weighted by Crippen LogP contribution is 2.61. The minimum absolute atomic E-state index is 0.0493. The SMILES string of the molecule is NC1(c2noc(C3CCCN3C(=O)C34CC5CC(CC(C5)C3)C4)n2)CCCC1. The zero-order valence-corrected chi connectivity index (χ0v) is 16.7. The van der Waals surface area contributed by atoms with E-state index in [1.165, 1.54) is 19.3 Å². The van der Waals surface area contributed by atoms with Crippen molar-refractivity contribution in [1.82, 2.24) is 15.0 Å². The van der Waals surface area contributed by atoms with Crippen LogP contribution in [0, 0.1) is 23.2 Å². The highest BCUT2D eigenvalue weighted by Gasteiger charge is 2.56. The minimum atomic E-state index is -0.435. The molecule has 0 aromatic carbocycles. The molecule has 2 heterocycles. The summed E-state index contributed by atoms with van der Waals surface area (Å²) in [6.07, 6.45) is 13.5. The minimum Gasteiger partial charge on any atom is -0.337 e. The highest BCUT2D eigenvalue weighted by atomic mass is 16.5. The molecule has 1 unspecified atom stereocenters. The lowest BCUT2D eigenvalue weighted by atomic mass is 9.49. The molecular weight excluding hydrogens is 352 g/mol. The number of rotatable bonds is 3. The van der Waals surface area contributed by atoms with Crippen LogP contribution in [0.2, 0.25) is 0 Å². The summed E-state index contributed by atoms with van der Waals surface area (Å²) >= 11 is 0. The van der Waals surface area contributed by atoms with Crippen molar-refractivity contribution in [3.05, 3.63) is 11.7 Å². The van der Waals surface area contributed by atoms with Gasteiger partial charge in [0.05, 0.1) is 11.0 Å². The largest absolute Gasteiger partial charge is 0.337 e. The molecule has 6 aliphatic rings. The Morgan fingerprint density at radius 3 is 2.32 bits per heavy atom. The van der Waals surface area contributed by atoms with Crippen LogP contribution in [0.3, 0.4) is 0 Å². The Balaban J connectivity index is 1.26. The van der Waals surface area contributed by atoms with Crippen molar-refractivity contribution in [3.63, 3.8) is 0 Å². The van der Waals surface area contributed by atoms with E-state index >= 15 is 0 Å². The first-order chi connectivity index (χ1) is 13.5. The van der Waals surface area contributed by atoms with Gasteiger partial charge >= 0.3 is 0 Å². The standard InChI is InChI=1S/C22H32N4O2/c23-22(5-1-2-6-22)19-24-18(28-25-19)17-4-3-7-26(17)20(27)21-11-14-8-15(12-21)10-16(9-14)13-21/h14-17H,1-13,23H2. The van der Waals surface area contributed by atoms with Crippen LogP contribution in [0.4, 0.5) is 0 Å². The molecule has 6 fully saturated rings. The number of nitrogens with zero attached hydrogens (tertiary/aromatic N) is 3. The van der Waals surface area contributed by atoms with Crippen LogP contribution in [0.15, 0.2) is 4.52 Å². The Bertz CT molecular complexity index is 746. The maximum atomic E-state index is 13.8. The van der Waals surface area contributed by atoms with Crippen LogP contribution < -0.4 is 5.73 Å². The van der Waals surface area contributed by atoms with Crippen LogP contribution in [-0.4, -0.2) is 27.5 Å². The molecule has 1 aliphatic heterocycles. The molecule has 1 saturated heterocycles. The molecule has 5 saturated carbocycles. The van der Waals surface area contributed by atoms with Crippen molar-refractivity contribution in [2.75, 3.05) is 6.54 Å². The molecule has 6 heteroatoms. The van der Waals surface area contributed by atoms with Gasteiger partial charge in [0.15, 0.2) is 5.82 Å². The smallest absolute Gasteiger partial charge is 0.249 e. The van der Waals surface area contributed by atoms with Gasteiger partial charge in [0.1, 0.15) is 6.04 Å². The first-order valence-corrected chi connectivity index (χ1v) is 11.5. The molecule has 4 bridgehead atoms. The Labute approximate surface area is 166 Å². The lowest BCUT2D eigenvalue weighted by Crippen LogP contribution is -2.54. The molecule has 5 aliphatic carbocycles. The molecule has 2 N–H and O–H groups in total. The Kier molecular flexibility index (Phi) is 3.76. The van der Waals surface area contributed by atoms with Gasteiger partial charge in [-0.2, -0.15) is 4.98 Å². The van der Waals surface area contributed by atoms with Crippen molar-refractivity contribution in [2.45, 2.75) is 88.6 Å². The zero-order valence-electron chi connectivity index (χ0n) is 16.7. The first kappa shape index (κ1) is 17.4. The van der Waals surface area contributed by atoms with E-state index in [-0.39, 0.29) is 11.5 Å². The van der Waals surface area contributed by atoms with Crippen molar-refractivity contribution in [1.29, 1.82) is 0 Å². The van der Waals surface area contributed by atoms with Crippen LogP contribution in [0.1, 0.15) is 94.8 Å². The van der Waals surface area contributed by atoms with Crippen molar-refractivity contribution in [2.24, 2.45) is 28.9 Å². The van der Waals surface area contributed by atoms with Gasteiger partial charge in [0, 0.05) is 6.54 Å². The number of amides is 1. The predicted molar refractivity (Wildman–Crippen MR) is 103 cm³/mol. The molecule has 6 nitrogen and oxygen atoms in total. The number of hydrogen-bond donors (Lipinski definition) is 1. The fraction of sp³-hybridized carbons (Fsp3) is 0.864. The lowest BCUT2D eigenvalue weighted by Gasteiger charge is -2.56. The second-order valence-electron chi connectivity index (χ2n) is 10.7. The fourth-order valence-electron chi connectivity index (χ4n) is 7.75. The first-order valence-electron chi connectivity index (χ1n) is 11.5. The molecule has 1 aromatic rings. The predicted octanol–water partition coefficient (Wildman–Crippen LogP) is 3.68. The summed E-state index contributed by atoms with van der Waals surface area (Å²) in [6, 6.07) is -0.0493. The highest BCUT2D eigenvalue weighted by molar-refractivity contribution is 5.84. The van der Waals surface area contributed by atoms with Crippen LogP contribution in [-0.2, 0) is 10.3 Å². The molecular formula is C22H32N4O2. The summed E-state index contributed by atoms with van der Waals surface area (Å²) in [7, 11) is 0. The number of carbonyl (C=O) groups is 1. The van der Waals surface area contributed by atoms with Gasteiger partial charge < -0.3 is 15.2 Å². The topological polar surface area (TPSA) is 85.2 Å². The summed E-state index contributed by atoms with van der Waals surface area (Å²) in [6.45, 7) is 0.830. The van der Waals surface area contributed by atoms with E-state index in [1.807, 2.05) is 0 Å². The molecule has 28 heavy (non-hydrogen) atoms. The van der Waals surface area contributed by atoms with Gasteiger partial charge in [-0.1, -0.05) is 18.0 Å². The summed E-state index contributed by atoms with van der Waals surface area (Å²) < 4.78 is 5.69. The average Bonchev–Trinajstić information content (AvgIpc) is 3.40. The fourth-order valence-corrected chi connectivity index (χ4v) is 7.75. The van der Waals surface area contributed by atoms with Crippen molar-refractivity contribution in [3.8, 4) is 0 Å². The zero-order chi connectivity index (χ0) is 18.9. The van der Waals surface area contributed by atoms with E-state index in [2.05, 4.69) is 10.1 Å². The maximum absolute atomic E-state index is 13.8. The van der Waals surface area contributed by atoms with Gasteiger partial charge in [-0.25, -0.2) is 0 Å². The Morgan fingerprint density at radius 1 is 1.04 bits per heavy atom.